The lowest BCUT2D eigenvalue weighted by Crippen LogP contribution is -2.49. The molecule has 4 nitrogen and oxygen atoms in total. The van der Waals surface area contributed by atoms with Crippen LogP contribution in [-0.4, -0.2) is 48.4 Å². The van der Waals surface area contributed by atoms with Crippen molar-refractivity contribution in [1.29, 1.82) is 0 Å². The first kappa shape index (κ1) is 25.2. The topological polar surface area (TPSA) is 32.8 Å². The zero-order chi connectivity index (χ0) is 24.9. The Bertz CT molecular complexity index is 1160. The molecule has 0 unspecified atom stereocenters. The number of nitrogens with zero attached hydrogens (tertiary/aromatic N) is 2. The fourth-order valence-electron chi connectivity index (χ4n) is 3.99. The van der Waals surface area contributed by atoms with Crippen LogP contribution in [0.15, 0.2) is 60.7 Å². The van der Waals surface area contributed by atoms with E-state index < -0.39 is 35.3 Å². The molecule has 9 heteroatoms. The molecule has 3 aromatic carbocycles. The fourth-order valence-corrected chi connectivity index (χ4v) is 4.11. The van der Waals surface area contributed by atoms with Gasteiger partial charge < -0.3 is 9.64 Å². The molecule has 1 atom stereocenters. The van der Waals surface area contributed by atoms with Crippen molar-refractivity contribution >= 4 is 17.5 Å². The average Bonchev–Trinajstić information content (AvgIpc) is 2.85. The molecule has 0 aromatic heterocycles. The Labute approximate surface area is 205 Å². The van der Waals surface area contributed by atoms with Crippen LogP contribution < -0.4 is 0 Å². The molecule has 0 radical (unpaired) electrons. The van der Waals surface area contributed by atoms with E-state index in [2.05, 4.69) is 0 Å². The number of rotatable bonds is 7. The molecule has 1 aliphatic rings. The summed E-state index contributed by atoms with van der Waals surface area (Å²) >= 11 is 6.00. The minimum absolute atomic E-state index is 0.154. The van der Waals surface area contributed by atoms with Crippen molar-refractivity contribution in [3.05, 3.63) is 106 Å². The summed E-state index contributed by atoms with van der Waals surface area (Å²) in [4.78, 5) is 16.2. The molecule has 3 aromatic rings. The van der Waals surface area contributed by atoms with Gasteiger partial charge in [0.05, 0.1) is 18.3 Å². The lowest BCUT2D eigenvalue weighted by Gasteiger charge is -2.36. The van der Waals surface area contributed by atoms with Gasteiger partial charge in [0.1, 0.15) is 23.3 Å². The normalized spacial score (nSPS) is 15.3. The maximum absolute atomic E-state index is 14.1. The summed E-state index contributed by atoms with van der Waals surface area (Å²) in [7, 11) is 0. The molecule has 4 rings (SSSR count). The van der Waals surface area contributed by atoms with Crippen molar-refractivity contribution in [2.75, 3.05) is 32.7 Å². The van der Waals surface area contributed by atoms with Gasteiger partial charge >= 0.3 is 0 Å². The van der Waals surface area contributed by atoms with Gasteiger partial charge in [-0.2, -0.15) is 0 Å². The zero-order valence-corrected chi connectivity index (χ0v) is 19.5. The molecule has 0 aliphatic carbocycles. The van der Waals surface area contributed by atoms with Crippen LogP contribution in [0.1, 0.15) is 27.6 Å². The average molecular weight is 507 g/mol. The van der Waals surface area contributed by atoms with E-state index in [1.807, 2.05) is 4.90 Å². The molecule has 1 fully saturated rings. The summed E-state index contributed by atoms with van der Waals surface area (Å²) in [5.74, 6) is -3.38. The number of carbonyl (C=O) groups excluding carboxylic acids is 1. The molecule has 184 valence electrons. The maximum Gasteiger partial charge on any atom is 0.257 e. The first-order valence-electron chi connectivity index (χ1n) is 11.1. The summed E-state index contributed by atoms with van der Waals surface area (Å²) in [6.07, 6.45) is -0.519. The predicted octanol–water partition coefficient (Wildman–Crippen LogP) is 5.61. The van der Waals surface area contributed by atoms with Gasteiger partial charge in [-0.3, -0.25) is 9.69 Å². The number of hydrogen-bond donors (Lipinski definition) is 0. The molecule has 1 heterocycles. The van der Waals surface area contributed by atoms with E-state index >= 15 is 0 Å². The van der Waals surface area contributed by atoms with Gasteiger partial charge in [0, 0.05) is 43.3 Å². The van der Waals surface area contributed by atoms with Gasteiger partial charge in [-0.25, -0.2) is 17.6 Å². The Morgan fingerprint density at radius 1 is 0.886 bits per heavy atom. The largest absolute Gasteiger partial charge is 0.367 e. The second kappa shape index (κ2) is 11.2. The smallest absolute Gasteiger partial charge is 0.257 e. The van der Waals surface area contributed by atoms with Crippen LogP contribution in [-0.2, 0) is 11.3 Å². The van der Waals surface area contributed by atoms with Crippen LogP contribution in [0, 0.1) is 23.3 Å². The van der Waals surface area contributed by atoms with Crippen molar-refractivity contribution < 1.29 is 27.1 Å². The highest BCUT2D eigenvalue weighted by Gasteiger charge is 2.27. The monoisotopic (exact) mass is 506 g/mol. The van der Waals surface area contributed by atoms with Gasteiger partial charge in [-0.15, -0.1) is 0 Å². The molecule has 0 spiro atoms. The Morgan fingerprint density at radius 3 is 2.20 bits per heavy atom. The molecule has 0 saturated carbocycles. The molecular formula is C26H23ClF4N2O2. The van der Waals surface area contributed by atoms with Crippen molar-refractivity contribution in [1.82, 2.24) is 9.80 Å². The van der Waals surface area contributed by atoms with Crippen LogP contribution in [0.25, 0.3) is 0 Å². The summed E-state index contributed by atoms with van der Waals surface area (Å²) in [5, 5.41) is 0.546. The van der Waals surface area contributed by atoms with Gasteiger partial charge in [0.2, 0.25) is 0 Å². The maximum atomic E-state index is 14.1. The first-order valence-corrected chi connectivity index (χ1v) is 11.5. The Morgan fingerprint density at radius 2 is 1.54 bits per heavy atom. The summed E-state index contributed by atoms with van der Waals surface area (Å²) < 4.78 is 61.7. The van der Waals surface area contributed by atoms with Gasteiger partial charge in [-0.05, 0) is 48.0 Å². The van der Waals surface area contributed by atoms with Gasteiger partial charge in [0.15, 0.2) is 0 Å². The van der Waals surface area contributed by atoms with E-state index in [4.69, 9.17) is 16.3 Å². The second-order valence-corrected chi connectivity index (χ2v) is 8.70. The van der Waals surface area contributed by atoms with Gasteiger partial charge in [0.25, 0.3) is 5.91 Å². The summed E-state index contributed by atoms with van der Waals surface area (Å²) in [6.45, 7) is 1.68. The van der Waals surface area contributed by atoms with E-state index in [9.17, 15) is 22.4 Å². The third-order valence-electron chi connectivity index (χ3n) is 5.97. The van der Waals surface area contributed by atoms with E-state index in [-0.39, 0.29) is 17.7 Å². The summed E-state index contributed by atoms with van der Waals surface area (Å²) in [6, 6.07) is 13.4. The predicted molar refractivity (Wildman–Crippen MR) is 124 cm³/mol. The van der Waals surface area contributed by atoms with Crippen LogP contribution in [0.2, 0.25) is 5.02 Å². The Balaban J connectivity index is 1.42. The number of piperazine rings is 1. The van der Waals surface area contributed by atoms with E-state index in [0.29, 0.717) is 37.7 Å². The second-order valence-electron chi connectivity index (χ2n) is 8.27. The Kier molecular flexibility index (Phi) is 8.05. The van der Waals surface area contributed by atoms with Crippen molar-refractivity contribution in [2.24, 2.45) is 0 Å². The van der Waals surface area contributed by atoms with Crippen molar-refractivity contribution in [3.8, 4) is 0 Å². The molecule has 1 aliphatic heterocycles. The number of carbonyl (C=O) groups is 1. The van der Waals surface area contributed by atoms with Crippen LogP contribution in [0.3, 0.4) is 0 Å². The van der Waals surface area contributed by atoms with E-state index in [1.54, 1.807) is 24.3 Å². The number of ether oxygens (including phenoxy) is 1. The van der Waals surface area contributed by atoms with E-state index in [1.165, 1.54) is 23.1 Å². The molecular weight excluding hydrogens is 484 g/mol. The van der Waals surface area contributed by atoms with E-state index in [0.717, 1.165) is 23.8 Å². The summed E-state index contributed by atoms with van der Waals surface area (Å²) in [5.41, 5.74) is 0.332. The molecule has 0 N–H and O–H groups in total. The highest BCUT2D eigenvalue weighted by molar-refractivity contribution is 6.30. The quantitative estimate of drug-likeness (QED) is 0.390. The minimum Gasteiger partial charge on any atom is -0.367 e. The van der Waals surface area contributed by atoms with Crippen LogP contribution in [0.4, 0.5) is 17.6 Å². The van der Waals surface area contributed by atoms with Crippen molar-refractivity contribution in [3.63, 3.8) is 0 Å². The third kappa shape index (κ3) is 6.20. The highest BCUT2D eigenvalue weighted by atomic mass is 35.5. The standard InChI is InChI=1S/C26H23ClF4N2O2/c27-18-6-4-17(5-7-18)25(35-16-21-22(29)2-1-3-23(21)30)15-32-10-12-33(13-11-32)26(34)20-14-19(28)8-9-24(20)31/h1-9,14,25H,10-13,15-16H2/t25-/m0/s1. The zero-order valence-electron chi connectivity index (χ0n) is 18.7. The molecule has 1 saturated heterocycles. The van der Waals surface area contributed by atoms with Crippen LogP contribution >= 0.6 is 11.6 Å². The van der Waals surface area contributed by atoms with Crippen molar-refractivity contribution in [2.45, 2.75) is 12.7 Å². The number of benzene rings is 3. The number of amides is 1. The number of halogens is 5. The third-order valence-corrected chi connectivity index (χ3v) is 6.23. The molecule has 35 heavy (non-hydrogen) atoms. The molecule has 1 amide bonds. The fraction of sp³-hybridized carbons (Fsp3) is 0.269. The Hall–Kier alpha value is -2.94. The highest BCUT2D eigenvalue weighted by Crippen LogP contribution is 2.25. The van der Waals surface area contributed by atoms with Gasteiger partial charge in [-0.1, -0.05) is 29.8 Å². The lowest BCUT2D eigenvalue weighted by molar-refractivity contribution is 0.00140. The molecule has 0 bridgehead atoms. The number of hydrogen-bond acceptors (Lipinski definition) is 3. The first-order chi connectivity index (χ1) is 16.8. The SMILES string of the molecule is O=C(c1cc(F)ccc1F)N1CCN(C[C@H](OCc2c(F)cccc2F)c2ccc(Cl)cc2)CC1. The lowest BCUT2D eigenvalue weighted by atomic mass is 10.1. The minimum atomic E-state index is -0.768. The van der Waals surface area contributed by atoms with Crippen LogP contribution in [0.5, 0.6) is 0 Å².